The van der Waals surface area contributed by atoms with Crippen molar-refractivity contribution in [3.05, 3.63) is 0 Å². The maximum absolute atomic E-state index is 2.45. The molecule has 0 fully saturated rings. The van der Waals surface area contributed by atoms with E-state index in [9.17, 15) is 0 Å². The van der Waals surface area contributed by atoms with Crippen LogP contribution in [0.5, 0.6) is 0 Å². The molecular formula is C11H25N. The largest absolute Gasteiger partial charge is 0.301 e. The van der Waals surface area contributed by atoms with E-state index in [1.54, 1.807) is 0 Å². The van der Waals surface area contributed by atoms with Crippen molar-refractivity contribution >= 4 is 0 Å². The maximum Gasteiger partial charge on any atom is 0.00666 e. The Morgan fingerprint density at radius 2 is 1.42 bits per heavy atom. The minimum absolute atomic E-state index is 0.673. The summed E-state index contributed by atoms with van der Waals surface area (Å²) in [4.78, 5) is 2.45. The lowest BCUT2D eigenvalue weighted by Crippen LogP contribution is -2.35. The molecule has 0 saturated carbocycles. The number of hydrogen-bond donors (Lipinski definition) is 0. The molecular weight excluding hydrogens is 146 g/mol. The molecule has 0 rings (SSSR count). The maximum atomic E-state index is 2.45. The molecule has 12 heavy (non-hydrogen) atoms. The monoisotopic (exact) mass is 171 g/mol. The molecule has 0 spiro atoms. The van der Waals surface area contributed by atoms with Gasteiger partial charge in [-0.15, -0.1) is 0 Å². The van der Waals surface area contributed by atoms with Gasteiger partial charge in [0.15, 0.2) is 0 Å². The Morgan fingerprint density at radius 3 is 1.75 bits per heavy atom. The lowest BCUT2D eigenvalue weighted by Gasteiger charge is -2.28. The summed E-state index contributed by atoms with van der Waals surface area (Å²) in [6, 6.07) is 1.40. The Labute approximate surface area is 78.1 Å². The van der Waals surface area contributed by atoms with E-state index < -0.39 is 0 Å². The lowest BCUT2D eigenvalue weighted by atomic mass is 10.0. The van der Waals surface area contributed by atoms with E-state index in [1.807, 2.05) is 0 Å². The molecule has 0 aliphatic rings. The Hall–Kier alpha value is -0.0400. The third-order valence-corrected chi connectivity index (χ3v) is 2.67. The summed E-state index contributed by atoms with van der Waals surface area (Å²) in [7, 11) is 2.22. The molecule has 1 heteroatoms. The van der Waals surface area contributed by atoms with Crippen molar-refractivity contribution in [2.24, 2.45) is 5.92 Å². The van der Waals surface area contributed by atoms with Crippen LogP contribution in [0.3, 0.4) is 0 Å². The number of hydrogen-bond acceptors (Lipinski definition) is 1. The zero-order valence-corrected chi connectivity index (χ0v) is 9.59. The van der Waals surface area contributed by atoms with Crippen LogP contribution in [-0.2, 0) is 0 Å². The third-order valence-electron chi connectivity index (χ3n) is 2.67. The molecule has 1 atom stereocenters. The van der Waals surface area contributed by atoms with Crippen molar-refractivity contribution in [2.45, 2.75) is 59.5 Å². The molecule has 0 aliphatic carbocycles. The van der Waals surface area contributed by atoms with Crippen LogP contribution in [0.2, 0.25) is 0 Å². The molecule has 0 aromatic carbocycles. The second-order valence-electron chi connectivity index (χ2n) is 4.58. The molecule has 0 aromatic rings. The van der Waals surface area contributed by atoms with E-state index >= 15 is 0 Å². The summed E-state index contributed by atoms with van der Waals surface area (Å²) in [5.41, 5.74) is 0. The van der Waals surface area contributed by atoms with E-state index in [0.29, 0.717) is 6.04 Å². The second kappa shape index (κ2) is 5.58. The zero-order chi connectivity index (χ0) is 9.72. The van der Waals surface area contributed by atoms with Crippen molar-refractivity contribution < 1.29 is 0 Å². The minimum Gasteiger partial charge on any atom is -0.301 e. The van der Waals surface area contributed by atoms with Crippen LogP contribution in [-0.4, -0.2) is 24.0 Å². The Balaban J connectivity index is 3.64. The predicted molar refractivity (Wildman–Crippen MR) is 56.4 cm³/mol. The Bertz CT molecular complexity index is 108. The van der Waals surface area contributed by atoms with Crippen molar-refractivity contribution in [2.75, 3.05) is 7.05 Å². The fourth-order valence-electron chi connectivity index (χ4n) is 1.29. The summed E-state index contributed by atoms with van der Waals surface area (Å²) in [6.07, 6.45) is 2.67. The molecule has 1 unspecified atom stereocenters. The highest BCUT2D eigenvalue weighted by atomic mass is 15.1. The van der Waals surface area contributed by atoms with Gasteiger partial charge in [0.1, 0.15) is 0 Å². The highest BCUT2D eigenvalue weighted by Gasteiger charge is 2.11. The molecule has 0 amide bonds. The topological polar surface area (TPSA) is 3.24 Å². The lowest BCUT2D eigenvalue weighted by molar-refractivity contribution is 0.192. The van der Waals surface area contributed by atoms with Gasteiger partial charge in [0.25, 0.3) is 0 Å². The smallest absolute Gasteiger partial charge is 0.00666 e. The van der Waals surface area contributed by atoms with Crippen LogP contribution < -0.4 is 0 Å². The molecule has 0 N–H and O–H groups in total. The van der Waals surface area contributed by atoms with Gasteiger partial charge in [-0.2, -0.15) is 0 Å². The van der Waals surface area contributed by atoms with E-state index in [1.165, 1.54) is 12.8 Å². The first-order valence-electron chi connectivity index (χ1n) is 5.17. The van der Waals surface area contributed by atoms with E-state index in [-0.39, 0.29) is 0 Å². The molecule has 0 radical (unpaired) electrons. The van der Waals surface area contributed by atoms with E-state index in [4.69, 9.17) is 0 Å². The van der Waals surface area contributed by atoms with Gasteiger partial charge in [0, 0.05) is 12.1 Å². The SMILES string of the molecule is CC(C)CCC(C)N(C)C(C)C. The average Bonchev–Trinajstić information content (AvgIpc) is 1.98. The summed E-state index contributed by atoms with van der Waals surface area (Å²) in [5.74, 6) is 0.841. The standard InChI is InChI=1S/C11H25N/c1-9(2)7-8-11(5)12(6)10(3)4/h9-11H,7-8H2,1-6H3. The first-order chi connectivity index (χ1) is 5.45. The van der Waals surface area contributed by atoms with E-state index in [0.717, 1.165) is 12.0 Å². The van der Waals surface area contributed by atoms with E-state index in [2.05, 4.69) is 46.6 Å². The van der Waals surface area contributed by atoms with Gasteiger partial charge >= 0.3 is 0 Å². The van der Waals surface area contributed by atoms with Crippen LogP contribution in [0.4, 0.5) is 0 Å². The highest BCUT2D eigenvalue weighted by Crippen LogP contribution is 2.12. The fourth-order valence-corrected chi connectivity index (χ4v) is 1.29. The van der Waals surface area contributed by atoms with Gasteiger partial charge < -0.3 is 4.90 Å². The number of nitrogens with zero attached hydrogens (tertiary/aromatic N) is 1. The molecule has 0 aromatic heterocycles. The average molecular weight is 171 g/mol. The van der Waals surface area contributed by atoms with Crippen molar-refractivity contribution in [3.63, 3.8) is 0 Å². The summed E-state index contributed by atoms with van der Waals surface area (Å²) >= 11 is 0. The second-order valence-corrected chi connectivity index (χ2v) is 4.58. The molecule has 0 bridgehead atoms. The Morgan fingerprint density at radius 1 is 0.917 bits per heavy atom. The fraction of sp³-hybridized carbons (Fsp3) is 1.00. The van der Waals surface area contributed by atoms with Gasteiger partial charge in [-0.25, -0.2) is 0 Å². The molecule has 74 valence electrons. The van der Waals surface area contributed by atoms with Gasteiger partial charge in [-0.3, -0.25) is 0 Å². The molecule has 1 nitrogen and oxygen atoms in total. The Kier molecular flexibility index (Phi) is 5.56. The molecule has 0 saturated heterocycles. The zero-order valence-electron chi connectivity index (χ0n) is 9.59. The first kappa shape index (κ1) is 12.0. The summed E-state index contributed by atoms with van der Waals surface area (Å²) in [5, 5.41) is 0. The number of rotatable bonds is 5. The summed E-state index contributed by atoms with van der Waals surface area (Å²) in [6.45, 7) is 11.4. The van der Waals surface area contributed by atoms with Crippen LogP contribution in [0.1, 0.15) is 47.5 Å². The quantitative estimate of drug-likeness (QED) is 0.614. The van der Waals surface area contributed by atoms with Gasteiger partial charge in [0.2, 0.25) is 0 Å². The van der Waals surface area contributed by atoms with Crippen molar-refractivity contribution in [1.82, 2.24) is 4.90 Å². The van der Waals surface area contributed by atoms with Gasteiger partial charge in [-0.1, -0.05) is 13.8 Å². The molecule has 0 heterocycles. The van der Waals surface area contributed by atoms with Gasteiger partial charge in [-0.05, 0) is 46.6 Å². The normalized spacial score (nSPS) is 14.8. The van der Waals surface area contributed by atoms with Crippen molar-refractivity contribution in [1.29, 1.82) is 0 Å². The minimum atomic E-state index is 0.673. The predicted octanol–water partition coefficient (Wildman–Crippen LogP) is 3.15. The molecule has 0 aliphatic heterocycles. The van der Waals surface area contributed by atoms with Gasteiger partial charge in [0.05, 0.1) is 0 Å². The van der Waals surface area contributed by atoms with Crippen LogP contribution >= 0.6 is 0 Å². The van der Waals surface area contributed by atoms with Crippen LogP contribution in [0.15, 0.2) is 0 Å². The first-order valence-corrected chi connectivity index (χ1v) is 5.17. The van der Waals surface area contributed by atoms with Crippen molar-refractivity contribution in [3.8, 4) is 0 Å². The summed E-state index contributed by atoms with van der Waals surface area (Å²) < 4.78 is 0. The van der Waals surface area contributed by atoms with Crippen LogP contribution in [0.25, 0.3) is 0 Å². The third kappa shape index (κ3) is 4.76. The highest BCUT2D eigenvalue weighted by molar-refractivity contribution is 4.67. The van der Waals surface area contributed by atoms with Crippen LogP contribution in [0, 0.1) is 5.92 Å².